The summed E-state index contributed by atoms with van der Waals surface area (Å²) in [6.07, 6.45) is 8.79. The molecule has 1 amide bonds. The summed E-state index contributed by atoms with van der Waals surface area (Å²) in [5.74, 6) is 0.0796. The number of carbonyl (C=O) groups is 1. The highest BCUT2D eigenvalue weighted by Gasteiger charge is 2.20. The van der Waals surface area contributed by atoms with E-state index in [1.54, 1.807) is 29.3 Å². The van der Waals surface area contributed by atoms with Crippen molar-refractivity contribution < 1.29 is 4.79 Å². The number of hydrogen-bond acceptors (Lipinski definition) is 5. The summed E-state index contributed by atoms with van der Waals surface area (Å²) >= 11 is 3.30. The summed E-state index contributed by atoms with van der Waals surface area (Å²) in [6.45, 7) is 5.63. The molecule has 0 bridgehead atoms. The molecular weight excluding hydrogens is 460 g/mol. The van der Waals surface area contributed by atoms with Crippen LogP contribution in [0, 0.1) is 13.8 Å². The molecule has 0 aliphatic heterocycles. The van der Waals surface area contributed by atoms with Crippen LogP contribution in [0.3, 0.4) is 0 Å². The van der Waals surface area contributed by atoms with Gasteiger partial charge in [-0.15, -0.1) is 24.2 Å². The Bertz CT molecular complexity index is 1170. The molecule has 2 aromatic heterocycles. The van der Waals surface area contributed by atoms with Crippen LogP contribution in [0.4, 0.5) is 5.13 Å². The van der Waals surface area contributed by atoms with Crippen molar-refractivity contribution in [2.24, 2.45) is 0 Å². The minimum atomic E-state index is 0. The van der Waals surface area contributed by atoms with E-state index in [4.69, 9.17) is 4.98 Å². The lowest BCUT2D eigenvalue weighted by Gasteiger charge is -2.20. The van der Waals surface area contributed by atoms with Gasteiger partial charge in [0.2, 0.25) is 5.91 Å². The van der Waals surface area contributed by atoms with Crippen molar-refractivity contribution in [3.05, 3.63) is 71.8 Å². The van der Waals surface area contributed by atoms with Crippen molar-refractivity contribution in [1.82, 2.24) is 14.5 Å². The Hall–Kier alpha value is -2.35. The molecule has 0 radical (unpaired) electrons. The number of anilines is 1. The van der Waals surface area contributed by atoms with Crippen molar-refractivity contribution in [1.29, 1.82) is 0 Å². The number of halogens is 1. The zero-order valence-electron chi connectivity index (χ0n) is 18.4. The van der Waals surface area contributed by atoms with Crippen LogP contribution < -0.4 is 4.90 Å². The molecule has 0 unspecified atom stereocenters. The monoisotopic (exact) mass is 486 g/mol. The number of hydrogen-bond donors (Lipinski definition) is 0. The van der Waals surface area contributed by atoms with Gasteiger partial charge >= 0.3 is 0 Å². The molecule has 0 saturated heterocycles. The second-order valence-electron chi connectivity index (χ2n) is 7.57. The molecule has 0 aliphatic rings. The van der Waals surface area contributed by atoms with Crippen LogP contribution in [0.5, 0.6) is 0 Å². The molecule has 0 saturated carbocycles. The number of aryl methyl sites for hydroxylation is 3. The lowest BCUT2D eigenvalue weighted by molar-refractivity contribution is -0.118. The third kappa shape index (κ3) is 5.52. The Morgan fingerprint density at radius 1 is 1.16 bits per heavy atom. The smallest absolute Gasteiger partial charge is 0.233 e. The topological polar surface area (TPSA) is 51.0 Å². The van der Waals surface area contributed by atoms with Crippen molar-refractivity contribution in [3.8, 4) is 0 Å². The lowest BCUT2D eigenvalue weighted by Crippen LogP contribution is -2.33. The largest absolute Gasteiger partial charge is 0.337 e. The molecule has 5 nitrogen and oxygen atoms in total. The molecule has 4 aromatic rings. The lowest BCUT2D eigenvalue weighted by atomic mass is 10.1. The van der Waals surface area contributed by atoms with Crippen LogP contribution in [-0.4, -0.2) is 33.2 Å². The van der Waals surface area contributed by atoms with Gasteiger partial charge in [0.25, 0.3) is 0 Å². The van der Waals surface area contributed by atoms with Crippen LogP contribution in [0.2, 0.25) is 0 Å². The Balaban J connectivity index is 0.00000289. The maximum Gasteiger partial charge on any atom is 0.233 e. The highest BCUT2D eigenvalue weighted by molar-refractivity contribution is 7.98. The Labute approximate surface area is 203 Å². The van der Waals surface area contributed by atoms with Crippen LogP contribution in [0.15, 0.2) is 60.0 Å². The first-order valence-electron chi connectivity index (χ1n) is 10.3. The number of rotatable bonds is 8. The van der Waals surface area contributed by atoms with E-state index in [-0.39, 0.29) is 18.3 Å². The number of benzene rings is 2. The second kappa shape index (κ2) is 11.0. The first kappa shape index (κ1) is 24.3. The minimum Gasteiger partial charge on any atom is -0.337 e. The SMILES string of the molecule is CSc1ccc(CC(=O)N(CCCn2ccnc2)c2nc3c(C)c(C)ccc3s2)cc1.Cl. The van der Waals surface area contributed by atoms with Gasteiger partial charge in [0.05, 0.1) is 23.0 Å². The fourth-order valence-corrected chi connectivity index (χ4v) is 4.98. The number of thioether (sulfide) groups is 1. The molecule has 0 fully saturated rings. The molecule has 2 heterocycles. The molecule has 8 heteroatoms. The van der Waals surface area contributed by atoms with E-state index in [9.17, 15) is 4.79 Å². The van der Waals surface area contributed by atoms with Gasteiger partial charge in [-0.1, -0.05) is 29.5 Å². The first-order valence-corrected chi connectivity index (χ1v) is 12.3. The molecule has 2 aromatic carbocycles. The highest BCUT2D eigenvalue weighted by Crippen LogP contribution is 2.32. The van der Waals surface area contributed by atoms with Crippen molar-refractivity contribution in [3.63, 3.8) is 0 Å². The highest BCUT2D eigenvalue weighted by atomic mass is 35.5. The summed E-state index contributed by atoms with van der Waals surface area (Å²) in [6, 6.07) is 12.5. The van der Waals surface area contributed by atoms with Gasteiger partial charge < -0.3 is 4.57 Å². The summed E-state index contributed by atoms with van der Waals surface area (Å²) in [5, 5.41) is 0.778. The average molecular weight is 487 g/mol. The fourth-order valence-electron chi connectivity index (χ4n) is 3.50. The number of carbonyl (C=O) groups excluding carboxylic acids is 1. The summed E-state index contributed by atoms with van der Waals surface area (Å²) in [5.41, 5.74) is 4.42. The maximum atomic E-state index is 13.4. The summed E-state index contributed by atoms with van der Waals surface area (Å²) in [4.78, 5) is 25.4. The third-order valence-electron chi connectivity index (χ3n) is 5.48. The standard InChI is InChI=1S/C24H26N4OS2.ClH/c1-17-5-10-21-23(18(17)2)26-24(31-21)28(13-4-12-27-14-11-25-16-27)22(29)15-19-6-8-20(30-3)9-7-19;/h5-11,14,16H,4,12-13,15H2,1-3H3;1H. The van der Waals surface area contributed by atoms with E-state index in [2.05, 4.69) is 49.4 Å². The molecule has 168 valence electrons. The zero-order valence-corrected chi connectivity index (χ0v) is 20.9. The van der Waals surface area contributed by atoms with E-state index in [0.29, 0.717) is 13.0 Å². The number of amides is 1. The summed E-state index contributed by atoms with van der Waals surface area (Å²) in [7, 11) is 0. The molecule has 32 heavy (non-hydrogen) atoms. The van der Waals surface area contributed by atoms with Gasteiger partial charge in [0, 0.05) is 30.4 Å². The average Bonchev–Trinajstić information content (AvgIpc) is 3.44. The zero-order chi connectivity index (χ0) is 21.8. The third-order valence-corrected chi connectivity index (χ3v) is 7.26. The first-order chi connectivity index (χ1) is 15.0. The van der Waals surface area contributed by atoms with Crippen molar-refractivity contribution in [2.45, 2.75) is 38.1 Å². The maximum absolute atomic E-state index is 13.4. The van der Waals surface area contributed by atoms with E-state index in [0.717, 1.165) is 33.9 Å². The van der Waals surface area contributed by atoms with E-state index >= 15 is 0 Å². The second-order valence-corrected chi connectivity index (χ2v) is 9.46. The molecule has 0 atom stereocenters. The Morgan fingerprint density at radius 3 is 2.62 bits per heavy atom. The van der Waals surface area contributed by atoms with Crippen molar-refractivity contribution >= 4 is 56.8 Å². The van der Waals surface area contributed by atoms with Gasteiger partial charge in [0.1, 0.15) is 0 Å². The van der Waals surface area contributed by atoms with Gasteiger partial charge in [-0.05, 0) is 61.4 Å². The predicted molar refractivity (Wildman–Crippen MR) is 137 cm³/mol. The molecule has 0 aliphatic carbocycles. The van der Waals surface area contributed by atoms with Gasteiger partial charge in [-0.2, -0.15) is 0 Å². The Kier molecular flexibility index (Phi) is 8.34. The van der Waals surface area contributed by atoms with Crippen LogP contribution >= 0.6 is 35.5 Å². The van der Waals surface area contributed by atoms with E-state index in [1.807, 2.05) is 34.1 Å². The molecule has 0 spiro atoms. The molecular formula is C24H27ClN4OS2. The fraction of sp³-hybridized carbons (Fsp3) is 0.292. The number of imidazole rings is 1. The minimum absolute atomic E-state index is 0. The number of nitrogens with zero attached hydrogens (tertiary/aromatic N) is 4. The predicted octanol–water partition coefficient (Wildman–Crippen LogP) is 5.92. The molecule has 0 N–H and O–H groups in total. The van der Waals surface area contributed by atoms with E-state index < -0.39 is 0 Å². The molecule has 4 rings (SSSR count). The van der Waals surface area contributed by atoms with Gasteiger partial charge in [0.15, 0.2) is 5.13 Å². The van der Waals surface area contributed by atoms with Crippen LogP contribution in [-0.2, 0) is 17.8 Å². The quantitative estimate of drug-likeness (QED) is 0.290. The normalized spacial score (nSPS) is 10.8. The van der Waals surface area contributed by atoms with Gasteiger partial charge in [-0.25, -0.2) is 9.97 Å². The van der Waals surface area contributed by atoms with E-state index in [1.165, 1.54) is 16.0 Å². The number of fused-ring (bicyclic) bond motifs is 1. The van der Waals surface area contributed by atoms with Crippen LogP contribution in [0.1, 0.15) is 23.1 Å². The number of aromatic nitrogens is 3. The number of thiazole rings is 1. The summed E-state index contributed by atoms with van der Waals surface area (Å²) < 4.78 is 3.16. The van der Waals surface area contributed by atoms with Crippen molar-refractivity contribution in [2.75, 3.05) is 17.7 Å². The van der Waals surface area contributed by atoms with Gasteiger partial charge in [-0.3, -0.25) is 9.69 Å². The van der Waals surface area contributed by atoms with Crippen LogP contribution in [0.25, 0.3) is 10.2 Å². The Morgan fingerprint density at radius 2 is 1.94 bits per heavy atom.